The van der Waals surface area contributed by atoms with Crippen LogP contribution < -0.4 is 9.62 Å². The van der Waals surface area contributed by atoms with E-state index in [1.165, 1.54) is 11.3 Å². The van der Waals surface area contributed by atoms with Gasteiger partial charge < -0.3 is 10.2 Å². The van der Waals surface area contributed by atoms with Crippen LogP contribution in [0.2, 0.25) is 5.02 Å². The lowest BCUT2D eigenvalue weighted by molar-refractivity contribution is -0.140. The number of hydrogen-bond acceptors (Lipinski definition) is 4. The normalized spacial score (nSPS) is 15.2. The first-order valence-electron chi connectivity index (χ1n) is 12.9. The molecule has 1 fully saturated rings. The molecule has 0 spiro atoms. The summed E-state index contributed by atoms with van der Waals surface area (Å²) < 4.78 is 26.7. The number of nitrogens with zero attached hydrogens (tertiary/aromatic N) is 2. The molecule has 3 rings (SSSR count). The number of amides is 2. The Morgan fingerprint density at radius 3 is 2.38 bits per heavy atom. The largest absolute Gasteiger partial charge is 0.352 e. The van der Waals surface area contributed by atoms with Gasteiger partial charge in [-0.15, -0.1) is 0 Å². The molecule has 0 aliphatic heterocycles. The monoisotopic (exact) mass is 547 g/mol. The molecule has 0 heterocycles. The number of rotatable bonds is 10. The summed E-state index contributed by atoms with van der Waals surface area (Å²) in [6, 6.07) is 12.0. The number of sulfonamides is 1. The molecule has 9 heteroatoms. The molecule has 0 bridgehead atoms. The van der Waals surface area contributed by atoms with E-state index >= 15 is 0 Å². The van der Waals surface area contributed by atoms with Crippen LogP contribution in [0.25, 0.3) is 0 Å². The third kappa shape index (κ3) is 7.95. The van der Waals surface area contributed by atoms with Crippen LogP contribution in [-0.4, -0.2) is 50.0 Å². The number of halogens is 1. The number of hydrogen-bond donors (Lipinski definition) is 1. The van der Waals surface area contributed by atoms with Gasteiger partial charge >= 0.3 is 0 Å². The van der Waals surface area contributed by atoms with E-state index in [1.807, 2.05) is 38.1 Å². The molecule has 1 aliphatic rings. The second kappa shape index (κ2) is 12.8. The fourth-order valence-electron chi connectivity index (χ4n) is 4.96. The van der Waals surface area contributed by atoms with Gasteiger partial charge in [0.05, 0.1) is 11.9 Å². The minimum atomic E-state index is -3.79. The molecule has 37 heavy (non-hydrogen) atoms. The first-order chi connectivity index (χ1) is 17.5. The molecule has 0 aromatic heterocycles. The second-order valence-corrected chi connectivity index (χ2v) is 12.3. The van der Waals surface area contributed by atoms with Crippen LogP contribution in [0.5, 0.6) is 0 Å². The van der Waals surface area contributed by atoms with Gasteiger partial charge in [0.2, 0.25) is 21.8 Å². The van der Waals surface area contributed by atoms with Gasteiger partial charge in [0.25, 0.3) is 0 Å². The van der Waals surface area contributed by atoms with Gasteiger partial charge in [0.15, 0.2) is 0 Å². The summed E-state index contributed by atoms with van der Waals surface area (Å²) in [5, 5.41) is 3.63. The maximum absolute atomic E-state index is 13.9. The number of carbonyl (C=O) groups excluding carboxylic acids is 2. The van der Waals surface area contributed by atoms with Gasteiger partial charge in [-0.3, -0.25) is 13.9 Å². The van der Waals surface area contributed by atoms with Gasteiger partial charge in [-0.25, -0.2) is 8.42 Å². The average Bonchev–Trinajstić information content (AvgIpc) is 2.83. The molecule has 1 N–H and O–H groups in total. The third-order valence-electron chi connectivity index (χ3n) is 6.88. The average molecular weight is 548 g/mol. The molecule has 202 valence electrons. The van der Waals surface area contributed by atoms with Crippen LogP contribution in [0.4, 0.5) is 5.69 Å². The van der Waals surface area contributed by atoms with Crippen LogP contribution in [0, 0.1) is 13.8 Å². The number of aryl methyl sites for hydroxylation is 2. The maximum atomic E-state index is 13.9. The Kier molecular flexibility index (Phi) is 10.0. The highest BCUT2D eigenvalue weighted by atomic mass is 35.5. The Hall–Kier alpha value is -2.58. The number of anilines is 1. The van der Waals surface area contributed by atoms with Gasteiger partial charge in [0.1, 0.15) is 12.6 Å². The van der Waals surface area contributed by atoms with Gasteiger partial charge in [-0.05, 0) is 62.4 Å². The van der Waals surface area contributed by atoms with E-state index in [0.29, 0.717) is 22.7 Å². The van der Waals surface area contributed by atoms with Crippen LogP contribution >= 0.6 is 11.6 Å². The van der Waals surface area contributed by atoms with Crippen molar-refractivity contribution in [2.75, 3.05) is 17.1 Å². The molecule has 7 nitrogen and oxygen atoms in total. The molecular weight excluding hydrogens is 510 g/mol. The lowest BCUT2D eigenvalue weighted by atomic mass is 9.95. The van der Waals surface area contributed by atoms with Crippen molar-refractivity contribution in [3.05, 3.63) is 64.2 Å². The van der Waals surface area contributed by atoms with Crippen molar-refractivity contribution < 1.29 is 18.0 Å². The summed E-state index contributed by atoms with van der Waals surface area (Å²) in [6.07, 6.45) is 6.69. The number of benzene rings is 2. The van der Waals surface area contributed by atoms with E-state index in [4.69, 9.17) is 11.6 Å². The van der Waals surface area contributed by atoms with Crippen LogP contribution in [-0.2, 0) is 26.2 Å². The predicted octanol–water partition coefficient (Wildman–Crippen LogP) is 4.98. The van der Waals surface area contributed by atoms with Crippen molar-refractivity contribution in [1.29, 1.82) is 0 Å². The highest BCUT2D eigenvalue weighted by Gasteiger charge is 2.33. The first-order valence-corrected chi connectivity index (χ1v) is 15.1. The highest BCUT2D eigenvalue weighted by molar-refractivity contribution is 7.92. The zero-order valence-electron chi connectivity index (χ0n) is 22.2. The molecule has 0 saturated heterocycles. The summed E-state index contributed by atoms with van der Waals surface area (Å²) in [5.74, 6) is -0.629. The topological polar surface area (TPSA) is 86.8 Å². The van der Waals surface area contributed by atoms with Crippen molar-refractivity contribution in [2.45, 2.75) is 77.9 Å². The zero-order valence-corrected chi connectivity index (χ0v) is 23.7. The van der Waals surface area contributed by atoms with Crippen molar-refractivity contribution in [3.63, 3.8) is 0 Å². The minimum absolute atomic E-state index is 0.107. The van der Waals surface area contributed by atoms with E-state index in [-0.39, 0.29) is 18.5 Å². The SMILES string of the molecule is CCC(C(=O)NC1CCCCC1)N(Cc1cccc(C)c1)C(=O)CN(c1ccc(Cl)cc1C)S(C)(=O)=O. The highest BCUT2D eigenvalue weighted by Crippen LogP contribution is 2.26. The van der Waals surface area contributed by atoms with Crippen molar-refractivity contribution in [3.8, 4) is 0 Å². The zero-order chi connectivity index (χ0) is 27.2. The Balaban J connectivity index is 1.93. The quantitative estimate of drug-likeness (QED) is 0.454. The van der Waals surface area contributed by atoms with E-state index in [2.05, 4.69) is 5.32 Å². The smallest absolute Gasteiger partial charge is 0.244 e. The minimum Gasteiger partial charge on any atom is -0.352 e. The summed E-state index contributed by atoms with van der Waals surface area (Å²) in [4.78, 5) is 28.8. The van der Waals surface area contributed by atoms with Crippen molar-refractivity contribution >= 4 is 39.1 Å². The van der Waals surface area contributed by atoms with Crippen molar-refractivity contribution in [2.24, 2.45) is 0 Å². The summed E-state index contributed by atoms with van der Waals surface area (Å²) in [7, 11) is -3.79. The number of nitrogens with one attached hydrogen (secondary N) is 1. The molecule has 1 atom stereocenters. The Bertz CT molecular complexity index is 1210. The maximum Gasteiger partial charge on any atom is 0.244 e. The molecule has 1 aliphatic carbocycles. The summed E-state index contributed by atoms with van der Waals surface area (Å²) in [5.41, 5.74) is 2.94. The van der Waals surface area contributed by atoms with Gasteiger partial charge in [0, 0.05) is 17.6 Å². The van der Waals surface area contributed by atoms with Crippen LogP contribution in [0.3, 0.4) is 0 Å². The fourth-order valence-corrected chi connectivity index (χ4v) is 6.10. The van der Waals surface area contributed by atoms with E-state index in [1.54, 1.807) is 25.1 Å². The molecule has 2 aromatic carbocycles. The van der Waals surface area contributed by atoms with E-state index in [0.717, 1.165) is 47.4 Å². The van der Waals surface area contributed by atoms with Crippen LogP contribution in [0.1, 0.15) is 62.1 Å². The Morgan fingerprint density at radius 2 is 1.78 bits per heavy atom. The van der Waals surface area contributed by atoms with Gasteiger partial charge in [-0.2, -0.15) is 0 Å². The molecule has 0 radical (unpaired) electrons. The van der Waals surface area contributed by atoms with Crippen molar-refractivity contribution in [1.82, 2.24) is 10.2 Å². The third-order valence-corrected chi connectivity index (χ3v) is 8.24. The molecule has 1 unspecified atom stereocenters. The number of carbonyl (C=O) groups is 2. The lowest BCUT2D eigenvalue weighted by Crippen LogP contribution is -2.54. The second-order valence-electron chi connectivity index (χ2n) is 9.98. The summed E-state index contributed by atoms with van der Waals surface area (Å²) >= 11 is 6.08. The molecule has 2 amide bonds. The van der Waals surface area contributed by atoms with E-state index < -0.39 is 28.5 Å². The lowest BCUT2D eigenvalue weighted by Gasteiger charge is -2.34. The molecular formula is C28H38ClN3O4S. The Morgan fingerprint density at radius 1 is 1.08 bits per heavy atom. The first kappa shape index (κ1) is 29.0. The van der Waals surface area contributed by atoms with E-state index in [9.17, 15) is 18.0 Å². The molecule has 1 saturated carbocycles. The predicted molar refractivity (Wildman–Crippen MR) is 149 cm³/mol. The Labute approximate surface area is 226 Å². The summed E-state index contributed by atoms with van der Waals surface area (Å²) in [6.45, 7) is 5.38. The fraction of sp³-hybridized carbons (Fsp3) is 0.500. The van der Waals surface area contributed by atoms with Gasteiger partial charge in [-0.1, -0.05) is 67.6 Å². The standard InChI is InChI=1S/C28H38ClN3O4S/c1-5-25(28(34)30-24-12-7-6-8-13-24)31(18-22-11-9-10-20(2)16-22)27(33)19-32(37(4,35)36)26-15-14-23(29)17-21(26)3/h9-11,14-17,24-25H,5-8,12-13,18-19H2,1-4H3,(H,30,34). The van der Waals surface area contributed by atoms with Crippen LogP contribution in [0.15, 0.2) is 42.5 Å². The molecule has 2 aromatic rings.